The summed E-state index contributed by atoms with van der Waals surface area (Å²) in [5, 5.41) is 20.3. The first-order valence-corrected chi connectivity index (χ1v) is 5.21. The maximum absolute atomic E-state index is 10.2. The predicted octanol–water partition coefficient (Wildman–Crippen LogP) is 1.80. The van der Waals surface area contributed by atoms with Crippen molar-refractivity contribution in [3.05, 3.63) is 11.8 Å². The van der Waals surface area contributed by atoms with E-state index in [1.54, 1.807) is 13.8 Å². The molecule has 0 radical (unpaired) electrons. The summed E-state index contributed by atoms with van der Waals surface area (Å²) in [6, 6.07) is 0. The maximum Gasteiger partial charge on any atom is 0.236 e. The summed E-state index contributed by atoms with van der Waals surface area (Å²) in [5.41, 5.74) is -1.22. The number of aliphatic hydroxyl groups is 2. The third-order valence-corrected chi connectivity index (χ3v) is 3.24. The lowest BCUT2D eigenvalue weighted by atomic mass is 9.79. The molecule has 0 aromatic heterocycles. The lowest BCUT2D eigenvalue weighted by Gasteiger charge is -2.46. The minimum atomic E-state index is -1.45. The van der Waals surface area contributed by atoms with Crippen molar-refractivity contribution in [2.75, 3.05) is 0 Å². The summed E-state index contributed by atoms with van der Waals surface area (Å²) in [5.74, 6) is -0.795. The van der Waals surface area contributed by atoms with Gasteiger partial charge in [0.15, 0.2) is 0 Å². The Bertz CT molecular complexity index is 245. The van der Waals surface area contributed by atoms with E-state index in [9.17, 15) is 10.2 Å². The summed E-state index contributed by atoms with van der Waals surface area (Å²) >= 11 is 0. The molecule has 0 saturated heterocycles. The van der Waals surface area contributed by atoms with Gasteiger partial charge in [-0.25, -0.2) is 0 Å². The van der Waals surface area contributed by atoms with Gasteiger partial charge in [-0.2, -0.15) is 0 Å². The van der Waals surface area contributed by atoms with Gasteiger partial charge in [0.2, 0.25) is 5.79 Å². The van der Waals surface area contributed by atoms with E-state index < -0.39 is 11.4 Å². The fourth-order valence-corrected chi connectivity index (χ4v) is 1.77. The fraction of sp³-hybridized carbons (Fsp3) is 0.818. The van der Waals surface area contributed by atoms with Crippen LogP contribution < -0.4 is 0 Å². The molecule has 3 nitrogen and oxygen atoms in total. The summed E-state index contributed by atoms with van der Waals surface area (Å²) in [4.78, 5) is 0. The van der Waals surface area contributed by atoms with Gasteiger partial charge in [-0.15, -0.1) is 0 Å². The van der Waals surface area contributed by atoms with Crippen LogP contribution in [-0.4, -0.2) is 21.6 Å². The highest BCUT2D eigenvalue weighted by Gasteiger charge is 2.52. The van der Waals surface area contributed by atoms with Crippen LogP contribution in [0.4, 0.5) is 0 Å². The summed E-state index contributed by atoms with van der Waals surface area (Å²) in [7, 11) is 0. The second-order valence-electron chi connectivity index (χ2n) is 4.16. The van der Waals surface area contributed by atoms with Crippen LogP contribution in [0.25, 0.3) is 0 Å². The Morgan fingerprint density at radius 1 is 1.43 bits per heavy atom. The van der Waals surface area contributed by atoms with Crippen molar-refractivity contribution in [2.45, 2.75) is 51.9 Å². The van der Waals surface area contributed by atoms with Crippen LogP contribution in [0.15, 0.2) is 11.8 Å². The molecule has 3 atom stereocenters. The Labute approximate surface area is 85.4 Å². The summed E-state index contributed by atoms with van der Waals surface area (Å²) < 4.78 is 5.42. The lowest BCUT2D eigenvalue weighted by molar-refractivity contribution is -0.298. The van der Waals surface area contributed by atoms with Gasteiger partial charge in [-0.05, 0) is 13.0 Å². The molecule has 0 amide bonds. The number of ether oxygens (including phenoxy) is 1. The third-order valence-electron chi connectivity index (χ3n) is 3.24. The molecule has 3 unspecified atom stereocenters. The molecule has 1 heterocycles. The van der Waals surface area contributed by atoms with E-state index in [2.05, 4.69) is 0 Å². The molecule has 2 N–H and O–H groups in total. The molecule has 0 bridgehead atoms. The third kappa shape index (κ3) is 1.55. The van der Waals surface area contributed by atoms with Crippen LogP contribution in [0.5, 0.6) is 0 Å². The van der Waals surface area contributed by atoms with E-state index in [4.69, 9.17) is 4.74 Å². The molecule has 0 aliphatic carbocycles. The molecule has 1 aliphatic heterocycles. The zero-order valence-electron chi connectivity index (χ0n) is 9.37. The largest absolute Gasteiger partial charge is 0.464 e. The Morgan fingerprint density at radius 3 is 2.43 bits per heavy atom. The van der Waals surface area contributed by atoms with Crippen LogP contribution in [0.1, 0.15) is 40.5 Å². The molecule has 3 heteroatoms. The standard InChI is InChI=1S/C11H20O3/c1-5-9-7-8(3)10(4,12)11(13,6-2)14-9/h7-8,12-13H,5-6H2,1-4H3. The Hall–Kier alpha value is -0.540. The predicted molar refractivity (Wildman–Crippen MR) is 54.5 cm³/mol. The van der Waals surface area contributed by atoms with Crippen molar-refractivity contribution in [1.29, 1.82) is 0 Å². The normalized spacial score (nSPS) is 43.0. The smallest absolute Gasteiger partial charge is 0.236 e. The summed E-state index contributed by atoms with van der Waals surface area (Å²) in [6.07, 6.45) is 2.99. The molecule has 1 aliphatic rings. The van der Waals surface area contributed by atoms with E-state index in [1.165, 1.54) is 0 Å². The van der Waals surface area contributed by atoms with Gasteiger partial charge in [0.05, 0.1) is 5.76 Å². The van der Waals surface area contributed by atoms with E-state index in [0.717, 1.165) is 12.2 Å². The minimum absolute atomic E-state index is 0.101. The highest BCUT2D eigenvalue weighted by atomic mass is 16.6. The topological polar surface area (TPSA) is 49.7 Å². The van der Waals surface area contributed by atoms with Crippen molar-refractivity contribution >= 4 is 0 Å². The second kappa shape index (κ2) is 3.55. The van der Waals surface area contributed by atoms with Gasteiger partial charge in [0.25, 0.3) is 0 Å². The van der Waals surface area contributed by atoms with Gasteiger partial charge in [0, 0.05) is 18.8 Å². The lowest BCUT2D eigenvalue weighted by Crippen LogP contribution is -2.59. The molecule has 0 aromatic rings. The zero-order chi connectivity index (χ0) is 11.0. The van der Waals surface area contributed by atoms with E-state index >= 15 is 0 Å². The molecule has 0 aromatic carbocycles. The Morgan fingerprint density at radius 2 is 2.00 bits per heavy atom. The maximum atomic E-state index is 10.2. The van der Waals surface area contributed by atoms with Gasteiger partial charge < -0.3 is 14.9 Å². The van der Waals surface area contributed by atoms with E-state index in [1.807, 2.05) is 19.9 Å². The van der Waals surface area contributed by atoms with Gasteiger partial charge in [-0.3, -0.25) is 0 Å². The summed E-state index contributed by atoms with van der Waals surface area (Å²) in [6.45, 7) is 7.28. The monoisotopic (exact) mass is 200 g/mol. The first-order valence-electron chi connectivity index (χ1n) is 5.21. The number of allylic oxidation sites excluding steroid dienone is 1. The number of hydrogen-bond acceptors (Lipinski definition) is 3. The average Bonchev–Trinajstić information content (AvgIpc) is 2.14. The molecule has 0 spiro atoms. The molecule has 0 fully saturated rings. The minimum Gasteiger partial charge on any atom is -0.464 e. The molecule has 0 saturated carbocycles. The first kappa shape index (κ1) is 11.5. The molecular weight excluding hydrogens is 180 g/mol. The highest BCUT2D eigenvalue weighted by Crippen LogP contribution is 2.40. The van der Waals surface area contributed by atoms with Crippen LogP contribution in [0, 0.1) is 5.92 Å². The van der Waals surface area contributed by atoms with Crippen LogP contribution in [-0.2, 0) is 4.74 Å². The van der Waals surface area contributed by atoms with Gasteiger partial charge >= 0.3 is 0 Å². The van der Waals surface area contributed by atoms with Gasteiger partial charge in [0.1, 0.15) is 5.60 Å². The number of hydrogen-bond donors (Lipinski definition) is 2. The zero-order valence-corrected chi connectivity index (χ0v) is 9.37. The van der Waals surface area contributed by atoms with Crippen LogP contribution in [0.2, 0.25) is 0 Å². The second-order valence-corrected chi connectivity index (χ2v) is 4.16. The van der Waals surface area contributed by atoms with Gasteiger partial charge in [-0.1, -0.05) is 20.8 Å². The first-order chi connectivity index (χ1) is 6.37. The molecule has 1 rings (SSSR count). The van der Waals surface area contributed by atoms with Crippen molar-refractivity contribution in [3.63, 3.8) is 0 Å². The molecular formula is C11H20O3. The van der Waals surface area contributed by atoms with E-state index in [0.29, 0.717) is 6.42 Å². The Balaban J connectivity index is 3.05. The van der Waals surface area contributed by atoms with Crippen molar-refractivity contribution in [2.24, 2.45) is 5.92 Å². The Kier molecular flexibility index (Phi) is 2.93. The van der Waals surface area contributed by atoms with Crippen LogP contribution in [0.3, 0.4) is 0 Å². The van der Waals surface area contributed by atoms with Crippen molar-refractivity contribution in [1.82, 2.24) is 0 Å². The highest BCUT2D eigenvalue weighted by molar-refractivity contribution is 5.11. The quantitative estimate of drug-likeness (QED) is 0.714. The van der Waals surface area contributed by atoms with Crippen molar-refractivity contribution in [3.8, 4) is 0 Å². The van der Waals surface area contributed by atoms with Crippen molar-refractivity contribution < 1.29 is 14.9 Å². The number of rotatable bonds is 2. The van der Waals surface area contributed by atoms with Crippen LogP contribution >= 0.6 is 0 Å². The fourth-order valence-electron chi connectivity index (χ4n) is 1.77. The van der Waals surface area contributed by atoms with E-state index in [-0.39, 0.29) is 5.92 Å². The molecule has 82 valence electrons. The SMILES string of the molecule is CCC1=CC(C)C(C)(O)C(O)(CC)O1. The molecule has 14 heavy (non-hydrogen) atoms. The average molecular weight is 200 g/mol.